The van der Waals surface area contributed by atoms with Crippen molar-refractivity contribution < 1.29 is 14.3 Å². The van der Waals surface area contributed by atoms with Crippen molar-refractivity contribution in [2.75, 3.05) is 19.7 Å². The van der Waals surface area contributed by atoms with E-state index in [2.05, 4.69) is 20.8 Å². The lowest BCUT2D eigenvalue weighted by Gasteiger charge is -2.31. The van der Waals surface area contributed by atoms with Crippen LogP contribution < -0.4 is 0 Å². The molecule has 0 bridgehead atoms. The quantitative estimate of drug-likeness (QED) is 0.565. The van der Waals surface area contributed by atoms with E-state index in [0.717, 1.165) is 29.9 Å². The van der Waals surface area contributed by atoms with Gasteiger partial charge < -0.3 is 14.5 Å². The van der Waals surface area contributed by atoms with E-state index in [1.807, 2.05) is 52.7 Å². The molecule has 0 spiro atoms. The zero-order chi connectivity index (χ0) is 22.3. The van der Waals surface area contributed by atoms with Crippen molar-refractivity contribution in [1.29, 1.82) is 0 Å². The van der Waals surface area contributed by atoms with Crippen LogP contribution in [-0.2, 0) is 27.4 Å². The van der Waals surface area contributed by atoms with Gasteiger partial charge in [-0.1, -0.05) is 57.2 Å². The maximum Gasteiger partial charge on any atom is 0.242 e. The summed E-state index contributed by atoms with van der Waals surface area (Å²) in [4.78, 5) is 31.2. The fourth-order valence-electron chi connectivity index (χ4n) is 3.74. The van der Waals surface area contributed by atoms with E-state index in [0.29, 0.717) is 26.1 Å². The van der Waals surface area contributed by atoms with Gasteiger partial charge in [0.2, 0.25) is 11.8 Å². The van der Waals surface area contributed by atoms with Gasteiger partial charge in [0.05, 0.1) is 19.2 Å². The number of benzene rings is 1. The van der Waals surface area contributed by atoms with Crippen LogP contribution in [0.1, 0.15) is 50.5 Å². The van der Waals surface area contributed by atoms with E-state index < -0.39 is 0 Å². The third-order valence-electron chi connectivity index (χ3n) is 5.30. The summed E-state index contributed by atoms with van der Waals surface area (Å²) in [5.41, 5.74) is 0.953. The van der Waals surface area contributed by atoms with E-state index in [4.69, 9.17) is 4.74 Å². The van der Waals surface area contributed by atoms with Crippen molar-refractivity contribution in [3.8, 4) is 0 Å². The molecule has 6 heteroatoms. The minimum atomic E-state index is -0.129. The molecule has 1 unspecified atom stereocenters. The summed E-state index contributed by atoms with van der Waals surface area (Å²) in [6, 6.07) is 14.1. The Morgan fingerprint density at radius 1 is 1.03 bits per heavy atom. The van der Waals surface area contributed by atoms with Gasteiger partial charge in [-0.2, -0.15) is 0 Å². The van der Waals surface area contributed by atoms with Crippen LogP contribution in [0.15, 0.2) is 47.8 Å². The van der Waals surface area contributed by atoms with E-state index in [1.165, 1.54) is 0 Å². The molecule has 0 radical (unpaired) electrons. The Bertz CT molecular complexity index is 824. The Balaban J connectivity index is 1.74. The Kier molecular flexibility index (Phi) is 8.27. The van der Waals surface area contributed by atoms with Crippen molar-refractivity contribution in [3.63, 3.8) is 0 Å². The summed E-state index contributed by atoms with van der Waals surface area (Å²) in [7, 11) is 0. The second-order valence-corrected chi connectivity index (χ2v) is 10.5. The maximum atomic E-state index is 13.4. The average Bonchev–Trinajstić information content (AvgIpc) is 3.40. The number of hydrogen-bond donors (Lipinski definition) is 0. The molecule has 1 fully saturated rings. The molecule has 168 valence electrons. The lowest BCUT2D eigenvalue weighted by atomic mass is 9.91. The van der Waals surface area contributed by atoms with Crippen LogP contribution in [0.25, 0.3) is 0 Å². The van der Waals surface area contributed by atoms with E-state index in [-0.39, 0.29) is 29.9 Å². The Morgan fingerprint density at radius 2 is 1.81 bits per heavy atom. The van der Waals surface area contributed by atoms with Crippen LogP contribution in [0, 0.1) is 5.41 Å². The van der Waals surface area contributed by atoms with Gasteiger partial charge in [0, 0.05) is 31.0 Å². The van der Waals surface area contributed by atoms with Crippen LogP contribution >= 0.6 is 11.3 Å². The smallest absolute Gasteiger partial charge is 0.242 e. The van der Waals surface area contributed by atoms with Crippen LogP contribution in [0.2, 0.25) is 0 Å². The predicted molar refractivity (Wildman–Crippen MR) is 125 cm³/mol. The highest BCUT2D eigenvalue weighted by Gasteiger charge is 2.28. The van der Waals surface area contributed by atoms with E-state index in [9.17, 15) is 9.59 Å². The number of hydrogen-bond acceptors (Lipinski definition) is 4. The first-order chi connectivity index (χ1) is 14.8. The molecule has 3 rings (SSSR count). The minimum absolute atomic E-state index is 0.0205. The summed E-state index contributed by atoms with van der Waals surface area (Å²) in [6.07, 6.45) is 2.39. The second kappa shape index (κ2) is 10.9. The van der Waals surface area contributed by atoms with Gasteiger partial charge in [0.15, 0.2) is 0 Å². The monoisotopic (exact) mass is 442 g/mol. The van der Waals surface area contributed by atoms with Crippen LogP contribution in [-0.4, -0.2) is 47.4 Å². The molecule has 0 aliphatic carbocycles. The van der Waals surface area contributed by atoms with Gasteiger partial charge in [-0.05, 0) is 35.3 Å². The Morgan fingerprint density at radius 3 is 2.42 bits per heavy atom. The topological polar surface area (TPSA) is 49.9 Å². The lowest BCUT2D eigenvalue weighted by Crippen LogP contribution is -2.46. The number of carbonyl (C=O) groups is 2. The number of ether oxygens (including phenoxy) is 1. The largest absolute Gasteiger partial charge is 0.376 e. The Labute approximate surface area is 190 Å². The predicted octanol–water partition coefficient (Wildman–Crippen LogP) is 4.72. The Hall–Kier alpha value is -2.18. The zero-order valence-electron chi connectivity index (χ0n) is 18.9. The van der Waals surface area contributed by atoms with Crippen LogP contribution in [0.5, 0.6) is 0 Å². The second-order valence-electron chi connectivity index (χ2n) is 9.46. The van der Waals surface area contributed by atoms with Gasteiger partial charge in [-0.25, -0.2) is 0 Å². The molecule has 1 aromatic carbocycles. The highest BCUT2D eigenvalue weighted by atomic mass is 32.1. The zero-order valence-corrected chi connectivity index (χ0v) is 19.7. The summed E-state index contributed by atoms with van der Waals surface area (Å²) in [5, 5.41) is 2.02. The van der Waals surface area contributed by atoms with Crippen molar-refractivity contribution in [2.24, 2.45) is 5.41 Å². The van der Waals surface area contributed by atoms with Crippen LogP contribution in [0.4, 0.5) is 0 Å². The van der Waals surface area contributed by atoms with Gasteiger partial charge >= 0.3 is 0 Å². The number of rotatable bonds is 9. The third kappa shape index (κ3) is 7.78. The first-order valence-corrected chi connectivity index (χ1v) is 11.9. The molecular formula is C25H34N2O3S. The average molecular weight is 443 g/mol. The van der Waals surface area contributed by atoms with Crippen molar-refractivity contribution in [1.82, 2.24) is 9.80 Å². The highest BCUT2D eigenvalue weighted by Crippen LogP contribution is 2.22. The molecule has 1 aliphatic rings. The molecule has 2 aromatic rings. The summed E-state index contributed by atoms with van der Waals surface area (Å²) in [5.74, 6) is -0.00959. The number of nitrogens with zero attached hydrogens (tertiary/aromatic N) is 2. The number of amides is 2. The molecule has 1 saturated heterocycles. The van der Waals surface area contributed by atoms with Crippen molar-refractivity contribution in [2.45, 2.75) is 59.2 Å². The van der Waals surface area contributed by atoms with Gasteiger partial charge in [-0.3, -0.25) is 9.59 Å². The normalized spacial score (nSPS) is 16.3. The maximum absolute atomic E-state index is 13.4. The molecular weight excluding hydrogens is 408 g/mol. The van der Waals surface area contributed by atoms with Crippen molar-refractivity contribution in [3.05, 3.63) is 58.3 Å². The minimum Gasteiger partial charge on any atom is -0.376 e. The van der Waals surface area contributed by atoms with Gasteiger partial charge in [-0.15, -0.1) is 11.3 Å². The molecule has 0 N–H and O–H groups in total. The molecule has 1 aromatic heterocycles. The summed E-state index contributed by atoms with van der Waals surface area (Å²) in [6.45, 7) is 8.54. The standard InChI is InChI=1S/C25H34N2O3S/c1-25(2,3)15-23(28)27(17-21-11-7-13-30-21)19-24(29)26(18-22-12-8-14-31-22)16-20-9-5-4-6-10-20/h4-6,8-10,12,14,21H,7,11,13,15-19H2,1-3H3. The molecule has 1 aliphatic heterocycles. The first-order valence-electron chi connectivity index (χ1n) is 11.0. The van der Waals surface area contributed by atoms with Gasteiger partial charge in [0.25, 0.3) is 0 Å². The van der Waals surface area contributed by atoms with Crippen LogP contribution in [0.3, 0.4) is 0 Å². The SMILES string of the molecule is CC(C)(C)CC(=O)N(CC(=O)N(Cc1ccccc1)Cc1cccs1)CC1CCCO1. The van der Waals surface area contributed by atoms with E-state index in [1.54, 1.807) is 16.2 Å². The summed E-state index contributed by atoms with van der Waals surface area (Å²) < 4.78 is 5.77. The molecule has 1 atom stereocenters. The van der Waals surface area contributed by atoms with Gasteiger partial charge in [0.1, 0.15) is 0 Å². The lowest BCUT2D eigenvalue weighted by molar-refractivity contribution is -0.143. The summed E-state index contributed by atoms with van der Waals surface area (Å²) >= 11 is 1.64. The highest BCUT2D eigenvalue weighted by molar-refractivity contribution is 7.09. The number of thiophene rings is 1. The molecule has 2 amide bonds. The van der Waals surface area contributed by atoms with Crippen molar-refractivity contribution >= 4 is 23.2 Å². The molecule has 2 heterocycles. The fourth-order valence-corrected chi connectivity index (χ4v) is 4.46. The van der Waals surface area contributed by atoms with E-state index >= 15 is 0 Å². The molecule has 5 nitrogen and oxygen atoms in total. The fraction of sp³-hybridized carbons (Fsp3) is 0.520. The number of carbonyl (C=O) groups excluding carboxylic acids is 2. The molecule has 0 saturated carbocycles. The molecule has 31 heavy (non-hydrogen) atoms. The first kappa shape index (κ1) is 23.5. The third-order valence-corrected chi connectivity index (χ3v) is 6.17.